The van der Waals surface area contributed by atoms with Gasteiger partial charge in [0.1, 0.15) is 5.82 Å². The lowest BCUT2D eigenvalue weighted by Crippen LogP contribution is -2.12. The maximum absolute atomic E-state index is 13.8. The number of anilines is 2. The van der Waals surface area contributed by atoms with E-state index in [1.807, 2.05) is 25.1 Å². The van der Waals surface area contributed by atoms with E-state index in [2.05, 4.69) is 10.6 Å². The third-order valence-electron chi connectivity index (χ3n) is 4.00. The largest absolute Gasteiger partial charge is 0.378 e. The molecule has 0 aromatic heterocycles. The summed E-state index contributed by atoms with van der Waals surface area (Å²) in [6, 6.07) is 20.5. The van der Waals surface area contributed by atoms with Crippen LogP contribution in [0.5, 0.6) is 0 Å². The van der Waals surface area contributed by atoms with E-state index in [4.69, 9.17) is 11.6 Å². The Bertz CT molecular complexity index is 895. The first-order valence-corrected chi connectivity index (χ1v) is 8.58. The Hall–Kier alpha value is -2.85. The molecule has 0 saturated heterocycles. The highest BCUT2D eigenvalue weighted by Gasteiger charge is 2.10. The molecule has 0 aliphatic carbocycles. The number of carbonyl (C=O) groups excluding carboxylic acids is 1. The monoisotopic (exact) mass is 368 g/mol. The van der Waals surface area contributed by atoms with Gasteiger partial charge in [0.05, 0.1) is 6.04 Å². The van der Waals surface area contributed by atoms with Gasteiger partial charge >= 0.3 is 0 Å². The van der Waals surface area contributed by atoms with Crippen LogP contribution in [0.25, 0.3) is 0 Å². The molecule has 2 N–H and O–H groups in total. The Labute approximate surface area is 156 Å². The van der Waals surface area contributed by atoms with Gasteiger partial charge in [-0.25, -0.2) is 4.39 Å². The molecule has 0 spiro atoms. The van der Waals surface area contributed by atoms with Crippen LogP contribution in [0, 0.1) is 5.82 Å². The summed E-state index contributed by atoms with van der Waals surface area (Å²) in [6.45, 7) is 1.90. The lowest BCUT2D eigenvalue weighted by atomic mass is 10.1. The number of hydrogen-bond acceptors (Lipinski definition) is 2. The summed E-state index contributed by atoms with van der Waals surface area (Å²) in [7, 11) is 0. The molecule has 0 radical (unpaired) electrons. The lowest BCUT2D eigenvalue weighted by Gasteiger charge is -2.16. The van der Waals surface area contributed by atoms with Crippen LogP contribution in [0.2, 0.25) is 5.02 Å². The number of carbonyl (C=O) groups is 1. The molecule has 0 bridgehead atoms. The number of halogens is 2. The van der Waals surface area contributed by atoms with Crippen molar-refractivity contribution < 1.29 is 9.18 Å². The average Bonchev–Trinajstić information content (AvgIpc) is 2.64. The van der Waals surface area contributed by atoms with Crippen molar-refractivity contribution in [1.29, 1.82) is 0 Å². The molecule has 5 heteroatoms. The van der Waals surface area contributed by atoms with Crippen molar-refractivity contribution in [2.75, 3.05) is 10.6 Å². The van der Waals surface area contributed by atoms with Crippen LogP contribution in [-0.2, 0) is 0 Å². The molecule has 3 nitrogen and oxygen atoms in total. The van der Waals surface area contributed by atoms with E-state index in [1.54, 1.807) is 48.5 Å². The zero-order chi connectivity index (χ0) is 18.5. The van der Waals surface area contributed by atoms with Crippen LogP contribution < -0.4 is 10.6 Å². The number of hydrogen-bond donors (Lipinski definition) is 2. The van der Waals surface area contributed by atoms with Crippen LogP contribution in [0.1, 0.15) is 28.9 Å². The van der Waals surface area contributed by atoms with E-state index in [0.29, 0.717) is 21.8 Å². The van der Waals surface area contributed by atoms with E-state index < -0.39 is 0 Å². The molecule has 0 heterocycles. The molecule has 1 amide bonds. The highest BCUT2D eigenvalue weighted by atomic mass is 35.5. The predicted molar refractivity (Wildman–Crippen MR) is 104 cm³/mol. The first kappa shape index (κ1) is 18.0. The van der Waals surface area contributed by atoms with Gasteiger partial charge in [-0.05, 0) is 61.5 Å². The maximum Gasteiger partial charge on any atom is 0.255 e. The number of nitrogens with one attached hydrogen (secondary N) is 2. The molecular formula is C21H18ClFN2O. The van der Waals surface area contributed by atoms with Crippen molar-refractivity contribution in [3.8, 4) is 0 Å². The molecule has 26 heavy (non-hydrogen) atoms. The fourth-order valence-corrected chi connectivity index (χ4v) is 2.73. The molecule has 0 aliphatic rings. The minimum atomic E-state index is -0.237. The van der Waals surface area contributed by atoms with Crippen LogP contribution >= 0.6 is 11.6 Å². The molecule has 1 unspecified atom stereocenters. The summed E-state index contributed by atoms with van der Waals surface area (Å²) >= 11 is 5.83. The number of benzene rings is 3. The zero-order valence-electron chi connectivity index (χ0n) is 14.2. The maximum atomic E-state index is 13.8. The van der Waals surface area contributed by atoms with Gasteiger partial charge in [-0.3, -0.25) is 4.79 Å². The fraction of sp³-hybridized carbons (Fsp3) is 0.0952. The van der Waals surface area contributed by atoms with Gasteiger partial charge < -0.3 is 10.6 Å². The summed E-state index contributed by atoms with van der Waals surface area (Å²) in [6.07, 6.45) is 0. The Morgan fingerprint density at radius 1 is 0.923 bits per heavy atom. The normalized spacial score (nSPS) is 11.7. The van der Waals surface area contributed by atoms with E-state index >= 15 is 0 Å². The van der Waals surface area contributed by atoms with E-state index in [9.17, 15) is 9.18 Å². The smallest absolute Gasteiger partial charge is 0.255 e. The highest BCUT2D eigenvalue weighted by molar-refractivity contribution is 6.30. The minimum Gasteiger partial charge on any atom is -0.378 e. The summed E-state index contributed by atoms with van der Waals surface area (Å²) in [5.41, 5.74) is 2.65. The zero-order valence-corrected chi connectivity index (χ0v) is 14.9. The third-order valence-corrected chi connectivity index (χ3v) is 4.26. The van der Waals surface area contributed by atoms with E-state index in [1.165, 1.54) is 6.07 Å². The molecule has 3 aromatic carbocycles. The van der Waals surface area contributed by atoms with Crippen molar-refractivity contribution in [2.24, 2.45) is 0 Å². The quantitative estimate of drug-likeness (QED) is 0.588. The van der Waals surface area contributed by atoms with E-state index in [0.717, 1.165) is 5.69 Å². The number of rotatable bonds is 5. The van der Waals surface area contributed by atoms with Gasteiger partial charge in [0.2, 0.25) is 0 Å². The van der Waals surface area contributed by atoms with E-state index in [-0.39, 0.29) is 17.8 Å². The van der Waals surface area contributed by atoms with Crippen molar-refractivity contribution in [3.63, 3.8) is 0 Å². The van der Waals surface area contributed by atoms with Crippen LogP contribution in [0.15, 0.2) is 72.8 Å². The summed E-state index contributed by atoms with van der Waals surface area (Å²) in [5.74, 6) is -0.443. The van der Waals surface area contributed by atoms with Gasteiger partial charge in [-0.2, -0.15) is 0 Å². The Morgan fingerprint density at radius 2 is 1.54 bits per heavy atom. The van der Waals surface area contributed by atoms with Gasteiger partial charge in [-0.1, -0.05) is 29.8 Å². The van der Waals surface area contributed by atoms with Crippen molar-refractivity contribution in [1.82, 2.24) is 0 Å². The first-order chi connectivity index (χ1) is 12.5. The van der Waals surface area contributed by atoms with Crippen LogP contribution in [0.3, 0.4) is 0 Å². The van der Waals surface area contributed by atoms with Gasteiger partial charge in [-0.15, -0.1) is 0 Å². The van der Waals surface area contributed by atoms with Crippen molar-refractivity contribution >= 4 is 28.9 Å². The SMILES string of the molecule is CC(Nc1ccc(NC(=O)c2ccc(Cl)cc2)cc1)c1ccccc1F. The second kappa shape index (κ2) is 8.02. The molecule has 0 fully saturated rings. The Balaban J connectivity index is 1.64. The summed E-state index contributed by atoms with van der Waals surface area (Å²) < 4.78 is 13.8. The summed E-state index contributed by atoms with van der Waals surface area (Å²) in [4.78, 5) is 12.2. The molecule has 132 valence electrons. The minimum absolute atomic E-state index is 0.175. The Kier molecular flexibility index (Phi) is 5.54. The highest BCUT2D eigenvalue weighted by Crippen LogP contribution is 2.23. The van der Waals surface area contributed by atoms with Crippen LogP contribution in [-0.4, -0.2) is 5.91 Å². The molecule has 0 saturated carbocycles. The molecule has 3 rings (SSSR count). The van der Waals surface area contributed by atoms with Gasteiger partial charge in [0.15, 0.2) is 0 Å². The Morgan fingerprint density at radius 3 is 2.19 bits per heavy atom. The molecular weight excluding hydrogens is 351 g/mol. The van der Waals surface area contributed by atoms with Gasteiger partial charge in [0.25, 0.3) is 5.91 Å². The third kappa shape index (κ3) is 4.41. The number of amides is 1. The standard InChI is InChI=1S/C21H18ClFN2O/c1-14(19-4-2-3-5-20(19)23)24-17-10-12-18(13-11-17)25-21(26)15-6-8-16(22)9-7-15/h2-14,24H,1H3,(H,25,26). The molecule has 0 aliphatic heterocycles. The van der Waals surface area contributed by atoms with Crippen LogP contribution in [0.4, 0.5) is 15.8 Å². The fourth-order valence-electron chi connectivity index (χ4n) is 2.61. The van der Waals surface area contributed by atoms with Gasteiger partial charge in [0, 0.05) is 27.5 Å². The topological polar surface area (TPSA) is 41.1 Å². The second-order valence-electron chi connectivity index (χ2n) is 5.93. The summed E-state index contributed by atoms with van der Waals surface area (Å²) in [5, 5.41) is 6.66. The average molecular weight is 369 g/mol. The first-order valence-electron chi connectivity index (χ1n) is 8.21. The van der Waals surface area contributed by atoms with Crippen molar-refractivity contribution in [2.45, 2.75) is 13.0 Å². The lowest BCUT2D eigenvalue weighted by molar-refractivity contribution is 0.102. The van der Waals surface area contributed by atoms with Crippen molar-refractivity contribution in [3.05, 3.63) is 94.8 Å². The predicted octanol–water partition coefficient (Wildman–Crippen LogP) is 5.90. The second-order valence-corrected chi connectivity index (χ2v) is 6.36. The molecule has 3 aromatic rings. The molecule has 1 atom stereocenters.